The summed E-state index contributed by atoms with van der Waals surface area (Å²) in [6.45, 7) is 2.00. The fourth-order valence-electron chi connectivity index (χ4n) is 1.58. The van der Waals surface area contributed by atoms with Crippen molar-refractivity contribution in [1.29, 1.82) is 0 Å². The Balaban J connectivity index is 2.37. The van der Waals surface area contributed by atoms with Gasteiger partial charge in [-0.05, 0) is 72.4 Å². The van der Waals surface area contributed by atoms with Gasteiger partial charge < -0.3 is 10.1 Å². The summed E-state index contributed by atoms with van der Waals surface area (Å²) < 4.78 is 8.08. The normalized spacial score (nSPS) is 10.4. The third-order valence-electron chi connectivity index (χ3n) is 2.54. The zero-order chi connectivity index (χ0) is 14.0. The SMILES string of the molecule is COc1cc(Nc2ncc(Br)cc2C)c(Br)cc1Br. The molecule has 1 heterocycles. The maximum atomic E-state index is 5.29. The second kappa shape index (κ2) is 6.24. The summed E-state index contributed by atoms with van der Waals surface area (Å²) in [5.74, 6) is 1.58. The Hall–Kier alpha value is -0.590. The van der Waals surface area contributed by atoms with E-state index in [4.69, 9.17) is 4.74 Å². The zero-order valence-corrected chi connectivity index (χ0v) is 15.1. The Labute approximate surface area is 137 Å². The standard InChI is InChI=1S/C13H11Br3N2O/c1-7-3-8(14)6-17-13(7)18-11-5-12(19-2)10(16)4-9(11)15/h3-6H,1-2H3,(H,17,18). The number of hydrogen-bond donors (Lipinski definition) is 1. The summed E-state index contributed by atoms with van der Waals surface area (Å²) in [5.41, 5.74) is 1.96. The van der Waals surface area contributed by atoms with Gasteiger partial charge in [0.25, 0.3) is 0 Å². The van der Waals surface area contributed by atoms with Crippen molar-refractivity contribution in [3.8, 4) is 5.75 Å². The van der Waals surface area contributed by atoms with Crippen molar-refractivity contribution in [1.82, 2.24) is 4.98 Å². The lowest BCUT2D eigenvalue weighted by Gasteiger charge is -2.13. The molecule has 1 N–H and O–H groups in total. The third kappa shape index (κ3) is 3.49. The summed E-state index contributed by atoms with van der Waals surface area (Å²) >= 11 is 10.4. The predicted molar refractivity (Wildman–Crippen MR) is 88.4 cm³/mol. The number of aromatic nitrogens is 1. The van der Waals surface area contributed by atoms with Gasteiger partial charge in [0.2, 0.25) is 0 Å². The van der Waals surface area contributed by atoms with Crippen LogP contribution >= 0.6 is 47.8 Å². The van der Waals surface area contributed by atoms with Crippen LogP contribution in [0.1, 0.15) is 5.56 Å². The molecule has 0 saturated carbocycles. The number of nitrogens with zero attached hydrogens (tertiary/aromatic N) is 1. The second-order valence-corrected chi connectivity index (χ2v) is 6.53. The number of methoxy groups -OCH3 is 1. The van der Waals surface area contributed by atoms with Crippen LogP contribution in [0.2, 0.25) is 0 Å². The van der Waals surface area contributed by atoms with Crippen LogP contribution in [0.25, 0.3) is 0 Å². The maximum Gasteiger partial charge on any atom is 0.135 e. The van der Waals surface area contributed by atoms with Crippen molar-refractivity contribution >= 4 is 59.3 Å². The molecule has 0 saturated heterocycles. The van der Waals surface area contributed by atoms with E-state index < -0.39 is 0 Å². The van der Waals surface area contributed by atoms with Crippen molar-refractivity contribution < 1.29 is 4.74 Å². The van der Waals surface area contributed by atoms with Crippen molar-refractivity contribution in [3.05, 3.63) is 43.4 Å². The Morgan fingerprint density at radius 3 is 2.47 bits per heavy atom. The molecule has 2 aromatic rings. The molecule has 0 bridgehead atoms. The van der Waals surface area contributed by atoms with Crippen LogP contribution in [0, 0.1) is 6.92 Å². The highest BCUT2D eigenvalue weighted by Gasteiger charge is 2.09. The Morgan fingerprint density at radius 2 is 1.84 bits per heavy atom. The number of hydrogen-bond acceptors (Lipinski definition) is 3. The lowest BCUT2D eigenvalue weighted by atomic mass is 10.2. The molecule has 3 nitrogen and oxygen atoms in total. The average molecular weight is 451 g/mol. The van der Waals surface area contributed by atoms with Gasteiger partial charge >= 0.3 is 0 Å². The zero-order valence-electron chi connectivity index (χ0n) is 10.3. The van der Waals surface area contributed by atoms with Gasteiger partial charge in [-0.3, -0.25) is 0 Å². The largest absolute Gasteiger partial charge is 0.495 e. The number of halogens is 3. The predicted octanol–water partition coefficient (Wildman–Crippen LogP) is 5.43. The van der Waals surface area contributed by atoms with E-state index in [2.05, 4.69) is 58.1 Å². The molecule has 0 radical (unpaired) electrons. The minimum absolute atomic E-state index is 0.764. The molecule has 0 spiro atoms. The van der Waals surface area contributed by atoms with E-state index >= 15 is 0 Å². The van der Waals surface area contributed by atoms with E-state index in [9.17, 15) is 0 Å². The monoisotopic (exact) mass is 448 g/mol. The minimum Gasteiger partial charge on any atom is -0.495 e. The van der Waals surface area contributed by atoms with Crippen molar-refractivity contribution in [2.24, 2.45) is 0 Å². The van der Waals surface area contributed by atoms with Crippen LogP contribution in [0.15, 0.2) is 37.8 Å². The van der Waals surface area contributed by atoms with Gasteiger partial charge in [-0.2, -0.15) is 0 Å². The maximum absolute atomic E-state index is 5.29. The van der Waals surface area contributed by atoms with Crippen LogP contribution in [0.5, 0.6) is 5.75 Å². The van der Waals surface area contributed by atoms with Crippen LogP contribution in [-0.4, -0.2) is 12.1 Å². The summed E-state index contributed by atoms with van der Waals surface area (Å²) in [5, 5.41) is 3.29. The first-order valence-corrected chi connectivity index (χ1v) is 7.81. The smallest absolute Gasteiger partial charge is 0.135 e. The van der Waals surface area contributed by atoms with E-state index in [1.54, 1.807) is 13.3 Å². The van der Waals surface area contributed by atoms with Gasteiger partial charge in [-0.15, -0.1) is 0 Å². The molecule has 1 aromatic carbocycles. The summed E-state index contributed by atoms with van der Waals surface area (Å²) in [6.07, 6.45) is 1.76. The summed E-state index contributed by atoms with van der Waals surface area (Å²) in [4.78, 5) is 4.36. The molecule has 0 aliphatic carbocycles. The molecule has 6 heteroatoms. The first kappa shape index (κ1) is 14.8. The molecule has 0 amide bonds. The molecule has 0 atom stereocenters. The Morgan fingerprint density at radius 1 is 1.11 bits per heavy atom. The topological polar surface area (TPSA) is 34.1 Å². The molecular formula is C13H11Br3N2O. The van der Waals surface area contributed by atoms with Crippen LogP contribution in [0.4, 0.5) is 11.5 Å². The number of ether oxygens (including phenoxy) is 1. The summed E-state index contributed by atoms with van der Waals surface area (Å²) in [7, 11) is 1.64. The van der Waals surface area contributed by atoms with E-state index in [0.717, 1.165) is 36.2 Å². The highest BCUT2D eigenvalue weighted by molar-refractivity contribution is 9.11. The lowest BCUT2D eigenvalue weighted by Crippen LogP contribution is -1.98. The average Bonchev–Trinajstić information content (AvgIpc) is 2.35. The van der Waals surface area contributed by atoms with Crippen molar-refractivity contribution in [3.63, 3.8) is 0 Å². The fourth-order valence-corrected chi connectivity index (χ4v) is 3.28. The van der Waals surface area contributed by atoms with Crippen molar-refractivity contribution in [2.45, 2.75) is 6.92 Å². The lowest BCUT2D eigenvalue weighted by molar-refractivity contribution is 0.412. The first-order chi connectivity index (χ1) is 9.01. The van der Waals surface area contributed by atoms with Crippen LogP contribution in [-0.2, 0) is 0 Å². The van der Waals surface area contributed by atoms with Gasteiger partial charge in [-0.25, -0.2) is 4.98 Å². The quantitative estimate of drug-likeness (QED) is 0.677. The first-order valence-electron chi connectivity index (χ1n) is 5.43. The molecule has 0 aliphatic rings. The van der Waals surface area contributed by atoms with Gasteiger partial charge in [0.1, 0.15) is 11.6 Å². The molecule has 100 valence electrons. The van der Waals surface area contributed by atoms with E-state index in [1.807, 2.05) is 25.1 Å². The number of benzene rings is 1. The number of pyridine rings is 1. The van der Waals surface area contributed by atoms with Crippen molar-refractivity contribution in [2.75, 3.05) is 12.4 Å². The van der Waals surface area contributed by atoms with E-state index in [1.165, 1.54) is 0 Å². The molecule has 2 rings (SSSR count). The van der Waals surface area contributed by atoms with Crippen LogP contribution < -0.4 is 10.1 Å². The highest BCUT2D eigenvalue weighted by atomic mass is 79.9. The molecule has 0 unspecified atom stereocenters. The molecule has 1 aromatic heterocycles. The number of rotatable bonds is 3. The highest BCUT2D eigenvalue weighted by Crippen LogP contribution is 2.36. The molecular weight excluding hydrogens is 440 g/mol. The number of nitrogens with one attached hydrogen (secondary N) is 1. The second-order valence-electron chi connectivity index (χ2n) is 3.91. The van der Waals surface area contributed by atoms with Gasteiger partial charge in [0.05, 0.1) is 17.3 Å². The van der Waals surface area contributed by atoms with E-state index in [0.29, 0.717) is 0 Å². The Kier molecular flexibility index (Phi) is 4.86. The van der Waals surface area contributed by atoms with E-state index in [-0.39, 0.29) is 0 Å². The number of anilines is 2. The van der Waals surface area contributed by atoms with Crippen LogP contribution in [0.3, 0.4) is 0 Å². The summed E-state index contributed by atoms with van der Waals surface area (Å²) in [6, 6.07) is 5.87. The Bertz CT molecular complexity index is 617. The molecule has 0 aliphatic heterocycles. The fraction of sp³-hybridized carbons (Fsp3) is 0.154. The molecule has 19 heavy (non-hydrogen) atoms. The minimum atomic E-state index is 0.764. The number of aryl methyl sites for hydroxylation is 1. The third-order valence-corrected chi connectivity index (χ3v) is 4.25. The molecule has 0 fully saturated rings. The van der Waals surface area contributed by atoms with Gasteiger partial charge in [0, 0.05) is 21.2 Å². The van der Waals surface area contributed by atoms with Gasteiger partial charge in [0.15, 0.2) is 0 Å². The van der Waals surface area contributed by atoms with Gasteiger partial charge in [-0.1, -0.05) is 0 Å².